The van der Waals surface area contributed by atoms with Gasteiger partial charge in [0.1, 0.15) is 24.3 Å². The van der Waals surface area contributed by atoms with E-state index in [1.54, 1.807) is 39.8 Å². The highest BCUT2D eigenvalue weighted by Crippen LogP contribution is 2.10. The summed E-state index contributed by atoms with van der Waals surface area (Å²) < 4.78 is 10.7. The molecule has 13 nitrogen and oxygen atoms in total. The summed E-state index contributed by atoms with van der Waals surface area (Å²) >= 11 is 0. The van der Waals surface area contributed by atoms with E-state index in [1.807, 2.05) is 31.2 Å². The number of nitrogens with two attached hydrogens (primary N) is 2. The predicted octanol–water partition coefficient (Wildman–Crippen LogP) is 1.71. The van der Waals surface area contributed by atoms with Crippen LogP contribution in [0.25, 0.3) is 0 Å². The van der Waals surface area contributed by atoms with Gasteiger partial charge < -0.3 is 41.8 Å². The standard InChI is InChI=1S/C32H51N7O6/c1-8-12-25(37-27(40)24(33)13-11-20-35-30(34)39(6)7)28(41)38-26(14-9-10-19-36-31(43)45-32(3,4)5)29(42)44-21-23-17-15-22(2)16-18-23/h1,15-18,24-26H,9-14,19-21,33H2,2-7H3,(H2,34,35)(H,36,43)(H,37,40)(H,38,41)/t24-,25+,26-/m0/s1. The van der Waals surface area contributed by atoms with Gasteiger partial charge in [-0.3, -0.25) is 14.6 Å². The summed E-state index contributed by atoms with van der Waals surface area (Å²) in [6.07, 6.45) is 6.85. The molecule has 3 atom stereocenters. The number of unbranched alkanes of at least 4 members (excludes halogenated alkanes) is 1. The average Bonchev–Trinajstić information content (AvgIpc) is 2.96. The van der Waals surface area contributed by atoms with E-state index in [0.29, 0.717) is 44.7 Å². The monoisotopic (exact) mass is 629 g/mol. The minimum atomic E-state index is -1.11. The molecule has 0 unspecified atom stereocenters. The van der Waals surface area contributed by atoms with Crippen LogP contribution in [0.5, 0.6) is 0 Å². The van der Waals surface area contributed by atoms with E-state index in [9.17, 15) is 19.2 Å². The Hall–Kier alpha value is -4.31. The lowest BCUT2D eigenvalue weighted by molar-refractivity contribution is -0.149. The van der Waals surface area contributed by atoms with Gasteiger partial charge in [0.15, 0.2) is 5.96 Å². The van der Waals surface area contributed by atoms with Crippen LogP contribution in [0, 0.1) is 19.3 Å². The molecule has 45 heavy (non-hydrogen) atoms. The van der Waals surface area contributed by atoms with E-state index in [1.165, 1.54) is 0 Å². The van der Waals surface area contributed by atoms with Crippen molar-refractivity contribution >= 4 is 29.8 Å². The lowest BCUT2D eigenvalue weighted by atomic mass is 10.1. The molecular weight excluding hydrogens is 578 g/mol. The summed E-state index contributed by atoms with van der Waals surface area (Å²) in [6.45, 7) is 7.98. The number of carbonyl (C=O) groups excluding carboxylic acids is 4. The van der Waals surface area contributed by atoms with Gasteiger partial charge in [-0.25, -0.2) is 9.59 Å². The highest BCUT2D eigenvalue weighted by molar-refractivity contribution is 5.92. The Bertz CT molecular complexity index is 1170. The van der Waals surface area contributed by atoms with Crippen molar-refractivity contribution in [1.82, 2.24) is 20.9 Å². The molecule has 1 rings (SSSR count). The number of aliphatic imine (C=N–C) groups is 1. The van der Waals surface area contributed by atoms with Crippen LogP contribution in [0.3, 0.4) is 0 Å². The van der Waals surface area contributed by atoms with Gasteiger partial charge >= 0.3 is 12.1 Å². The molecule has 250 valence electrons. The second-order valence-electron chi connectivity index (χ2n) is 11.9. The van der Waals surface area contributed by atoms with Gasteiger partial charge in [0, 0.05) is 33.6 Å². The third-order valence-electron chi connectivity index (χ3n) is 6.39. The number of guanidine groups is 1. The molecule has 0 saturated carbocycles. The molecule has 0 aliphatic carbocycles. The largest absolute Gasteiger partial charge is 0.459 e. The fraction of sp³-hybridized carbons (Fsp3) is 0.594. The molecule has 0 aliphatic heterocycles. The third kappa shape index (κ3) is 16.9. The first kappa shape index (κ1) is 38.7. The van der Waals surface area contributed by atoms with Gasteiger partial charge in [0.05, 0.1) is 6.04 Å². The number of esters is 1. The number of benzene rings is 1. The second kappa shape index (κ2) is 19.9. The molecule has 0 aromatic heterocycles. The molecule has 0 bridgehead atoms. The number of aryl methyl sites for hydroxylation is 1. The van der Waals surface area contributed by atoms with E-state index in [4.69, 9.17) is 27.4 Å². The fourth-order valence-electron chi connectivity index (χ4n) is 3.82. The highest BCUT2D eigenvalue weighted by Gasteiger charge is 2.28. The number of hydrogen-bond donors (Lipinski definition) is 5. The number of alkyl carbamates (subject to hydrolysis) is 1. The topological polar surface area (TPSA) is 190 Å². The number of amides is 3. The molecule has 7 N–H and O–H groups in total. The molecule has 0 aliphatic rings. The van der Waals surface area contributed by atoms with Crippen LogP contribution in [0.1, 0.15) is 70.4 Å². The molecule has 1 aromatic carbocycles. The summed E-state index contributed by atoms with van der Waals surface area (Å²) in [4.78, 5) is 56.9. The maximum atomic E-state index is 13.2. The van der Waals surface area contributed by atoms with Crippen molar-refractivity contribution < 1.29 is 28.7 Å². The van der Waals surface area contributed by atoms with Crippen LogP contribution in [0.4, 0.5) is 4.79 Å². The fourth-order valence-corrected chi connectivity index (χ4v) is 3.82. The molecule has 0 heterocycles. The average molecular weight is 630 g/mol. The van der Waals surface area contributed by atoms with Crippen molar-refractivity contribution in [3.05, 3.63) is 35.4 Å². The van der Waals surface area contributed by atoms with E-state index in [2.05, 4.69) is 26.9 Å². The summed E-state index contributed by atoms with van der Waals surface area (Å²) in [6, 6.07) is 4.48. The highest BCUT2D eigenvalue weighted by atomic mass is 16.6. The van der Waals surface area contributed by atoms with E-state index in [0.717, 1.165) is 11.1 Å². The van der Waals surface area contributed by atoms with Crippen molar-refractivity contribution in [2.24, 2.45) is 16.5 Å². The summed E-state index contributed by atoms with van der Waals surface area (Å²) in [5, 5.41) is 7.95. The van der Waals surface area contributed by atoms with Gasteiger partial charge in [0.25, 0.3) is 0 Å². The SMILES string of the molecule is C#CC[C@@H](NC(=O)[C@@H](N)CCCN=C(N)N(C)C)C(=O)N[C@@H](CCCCNC(=O)OC(C)(C)C)C(=O)OCc1ccc(C)cc1. The van der Waals surface area contributed by atoms with Crippen LogP contribution in [-0.4, -0.2) is 85.6 Å². The number of hydrogen-bond acceptors (Lipinski definition) is 8. The first-order valence-corrected chi connectivity index (χ1v) is 15.1. The molecule has 0 spiro atoms. The maximum absolute atomic E-state index is 13.2. The first-order valence-electron chi connectivity index (χ1n) is 15.1. The number of nitrogens with one attached hydrogen (secondary N) is 3. The van der Waals surface area contributed by atoms with Gasteiger partial charge in [-0.05, 0) is 65.4 Å². The Morgan fingerprint density at radius 3 is 2.24 bits per heavy atom. The Balaban J connectivity index is 2.82. The minimum absolute atomic E-state index is 0.0231. The summed E-state index contributed by atoms with van der Waals surface area (Å²) in [5.74, 6) is 0.926. The third-order valence-corrected chi connectivity index (χ3v) is 6.39. The summed E-state index contributed by atoms with van der Waals surface area (Å²) in [7, 11) is 3.54. The van der Waals surface area contributed by atoms with Crippen LogP contribution in [0.2, 0.25) is 0 Å². The van der Waals surface area contributed by atoms with Crippen LogP contribution in [-0.2, 0) is 30.5 Å². The molecule has 0 saturated heterocycles. The van der Waals surface area contributed by atoms with E-state index >= 15 is 0 Å². The number of rotatable bonds is 17. The number of terminal acetylenes is 1. The molecule has 0 fully saturated rings. The Labute approximate surface area is 267 Å². The molecule has 3 amide bonds. The molecule has 1 aromatic rings. The lowest BCUT2D eigenvalue weighted by Crippen LogP contribution is -2.54. The van der Waals surface area contributed by atoms with Crippen molar-refractivity contribution in [1.29, 1.82) is 0 Å². The number of ether oxygens (including phenoxy) is 2. The second-order valence-corrected chi connectivity index (χ2v) is 11.9. The number of carbonyl (C=O) groups is 4. The van der Waals surface area contributed by atoms with Crippen LogP contribution >= 0.6 is 0 Å². The minimum Gasteiger partial charge on any atom is -0.459 e. The zero-order chi connectivity index (χ0) is 34.0. The lowest BCUT2D eigenvalue weighted by Gasteiger charge is -2.23. The molecule has 13 heteroatoms. The Kier molecular flexibility index (Phi) is 17.1. The van der Waals surface area contributed by atoms with Crippen molar-refractivity contribution in [3.63, 3.8) is 0 Å². The van der Waals surface area contributed by atoms with Crippen molar-refractivity contribution in [2.75, 3.05) is 27.2 Å². The first-order chi connectivity index (χ1) is 21.1. The van der Waals surface area contributed by atoms with E-state index in [-0.39, 0.29) is 19.4 Å². The summed E-state index contributed by atoms with van der Waals surface area (Å²) in [5.41, 5.74) is 13.0. The molecular formula is C32H51N7O6. The van der Waals surface area contributed by atoms with Crippen LogP contribution < -0.4 is 27.4 Å². The maximum Gasteiger partial charge on any atom is 0.407 e. The van der Waals surface area contributed by atoms with Gasteiger partial charge in [-0.15, -0.1) is 12.3 Å². The zero-order valence-corrected chi connectivity index (χ0v) is 27.5. The zero-order valence-electron chi connectivity index (χ0n) is 27.5. The van der Waals surface area contributed by atoms with Crippen molar-refractivity contribution in [2.45, 2.75) is 96.6 Å². The smallest absolute Gasteiger partial charge is 0.407 e. The Morgan fingerprint density at radius 2 is 1.64 bits per heavy atom. The Morgan fingerprint density at radius 1 is 1.00 bits per heavy atom. The molecule has 0 radical (unpaired) electrons. The van der Waals surface area contributed by atoms with E-state index < -0.39 is 47.6 Å². The normalized spacial score (nSPS) is 13.4. The van der Waals surface area contributed by atoms with Gasteiger partial charge in [-0.1, -0.05) is 29.8 Å². The predicted molar refractivity (Wildman–Crippen MR) is 174 cm³/mol. The van der Waals surface area contributed by atoms with Crippen molar-refractivity contribution in [3.8, 4) is 12.3 Å². The van der Waals surface area contributed by atoms with Gasteiger partial charge in [0.2, 0.25) is 11.8 Å². The van der Waals surface area contributed by atoms with Gasteiger partial charge in [-0.2, -0.15) is 0 Å². The quantitative estimate of drug-likeness (QED) is 0.0561. The van der Waals surface area contributed by atoms with Crippen LogP contribution in [0.15, 0.2) is 29.3 Å². The number of nitrogens with zero attached hydrogens (tertiary/aromatic N) is 2.